The van der Waals surface area contributed by atoms with Crippen LogP contribution >= 0.6 is 0 Å². The van der Waals surface area contributed by atoms with Gasteiger partial charge in [-0.3, -0.25) is 9.48 Å². The molecule has 4 heteroatoms. The molecule has 0 radical (unpaired) electrons. The molecular formula is C24H25N3O. The summed E-state index contributed by atoms with van der Waals surface area (Å²) in [7, 11) is 1.82. The summed E-state index contributed by atoms with van der Waals surface area (Å²) in [4.78, 5) is 12.7. The Morgan fingerprint density at radius 3 is 2.36 bits per heavy atom. The Morgan fingerprint density at radius 2 is 1.75 bits per heavy atom. The van der Waals surface area contributed by atoms with Crippen LogP contribution in [0.2, 0.25) is 0 Å². The van der Waals surface area contributed by atoms with Gasteiger partial charge in [0.1, 0.15) is 0 Å². The SMILES string of the molecule is Cc1c(C(=O)Nc2ccccc2-c2ccc(C#CC(C)(C)C)cc2)cnn1C. The molecule has 4 nitrogen and oxygen atoms in total. The standard InChI is InChI=1S/C24H25N3O/c1-17-21(16-25-27(17)5)23(28)26-22-9-7-6-8-20(22)19-12-10-18(11-13-19)14-15-24(2,3)4/h6-13,16H,1-5H3,(H,26,28). The number of hydrogen-bond donors (Lipinski definition) is 1. The fraction of sp³-hybridized carbons (Fsp3) is 0.250. The number of nitrogens with one attached hydrogen (secondary N) is 1. The average molecular weight is 371 g/mol. The van der Waals surface area contributed by atoms with Crippen molar-refractivity contribution >= 4 is 11.6 Å². The third-order valence-electron chi connectivity index (χ3n) is 4.43. The second-order valence-corrected chi connectivity index (χ2v) is 7.84. The van der Waals surface area contributed by atoms with Gasteiger partial charge in [-0.05, 0) is 51.5 Å². The van der Waals surface area contributed by atoms with E-state index in [1.54, 1.807) is 10.9 Å². The average Bonchev–Trinajstić information content (AvgIpc) is 2.99. The minimum atomic E-state index is -0.161. The van der Waals surface area contributed by atoms with E-state index in [0.29, 0.717) is 5.56 Å². The lowest BCUT2D eigenvalue weighted by atomic mass is 9.97. The Labute approximate surface area is 166 Å². The number of aromatic nitrogens is 2. The molecule has 0 unspecified atom stereocenters. The number of hydrogen-bond acceptors (Lipinski definition) is 2. The molecule has 3 aromatic rings. The highest BCUT2D eigenvalue weighted by Crippen LogP contribution is 2.28. The summed E-state index contributed by atoms with van der Waals surface area (Å²) in [5, 5.41) is 7.17. The van der Waals surface area contributed by atoms with Gasteiger partial charge in [-0.25, -0.2) is 0 Å². The fourth-order valence-corrected chi connectivity index (χ4v) is 2.75. The number of aryl methyl sites for hydroxylation is 1. The van der Waals surface area contributed by atoms with Crippen molar-refractivity contribution in [3.63, 3.8) is 0 Å². The minimum absolute atomic E-state index is 0.0278. The molecule has 28 heavy (non-hydrogen) atoms. The second kappa shape index (κ2) is 7.74. The van der Waals surface area contributed by atoms with E-state index in [9.17, 15) is 4.79 Å². The maximum atomic E-state index is 12.7. The van der Waals surface area contributed by atoms with E-state index in [0.717, 1.165) is 28.1 Å². The zero-order valence-corrected chi connectivity index (χ0v) is 17.0. The smallest absolute Gasteiger partial charge is 0.259 e. The topological polar surface area (TPSA) is 46.9 Å². The lowest BCUT2D eigenvalue weighted by Gasteiger charge is -2.11. The van der Waals surface area contributed by atoms with E-state index in [2.05, 4.69) is 43.0 Å². The van der Waals surface area contributed by atoms with Crippen molar-refractivity contribution in [1.29, 1.82) is 0 Å². The van der Waals surface area contributed by atoms with Gasteiger partial charge in [0.15, 0.2) is 0 Å². The summed E-state index contributed by atoms with van der Waals surface area (Å²) < 4.78 is 1.69. The van der Waals surface area contributed by atoms with Crippen LogP contribution in [0.1, 0.15) is 42.4 Å². The summed E-state index contributed by atoms with van der Waals surface area (Å²) in [5.41, 5.74) is 5.12. The molecule has 1 aromatic heterocycles. The Kier molecular flexibility index (Phi) is 5.37. The monoisotopic (exact) mass is 371 g/mol. The Bertz CT molecular complexity index is 1060. The maximum absolute atomic E-state index is 12.7. The van der Waals surface area contributed by atoms with Crippen molar-refractivity contribution < 1.29 is 4.79 Å². The highest BCUT2D eigenvalue weighted by atomic mass is 16.1. The molecule has 0 saturated carbocycles. The highest BCUT2D eigenvalue weighted by molar-refractivity contribution is 6.06. The summed E-state index contributed by atoms with van der Waals surface area (Å²) in [6.07, 6.45) is 1.59. The number of carbonyl (C=O) groups is 1. The molecule has 1 heterocycles. The molecule has 0 aliphatic heterocycles. The number of benzene rings is 2. The Morgan fingerprint density at radius 1 is 1.07 bits per heavy atom. The van der Waals surface area contributed by atoms with Crippen molar-refractivity contribution in [3.05, 3.63) is 71.5 Å². The zero-order chi connectivity index (χ0) is 20.3. The number of amides is 1. The molecule has 0 atom stereocenters. The van der Waals surface area contributed by atoms with Crippen LogP contribution in [0.15, 0.2) is 54.7 Å². The molecule has 3 rings (SSSR count). The predicted molar refractivity (Wildman–Crippen MR) is 114 cm³/mol. The van der Waals surface area contributed by atoms with Gasteiger partial charge in [-0.15, -0.1) is 0 Å². The van der Waals surface area contributed by atoms with Crippen molar-refractivity contribution in [3.8, 4) is 23.0 Å². The van der Waals surface area contributed by atoms with Gasteiger partial charge in [0.25, 0.3) is 5.91 Å². The van der Waals surface area contributed by atoms with Gasteiger partial charge in [-0.2, -0.15) is 5.10 Å². The maximum Gasteiger partial charge on any atom is 0.259 e. The van der Waals surface area contributed by atoms with E-state index in [-0.39, 0.29) is 11.3 Å². The van der Waals surface area contributed by atoms with Gasteiger partial charge >= 0.3 is 0 Å². The molecule has 0 saturated heterocycles. The first-order valence-corrected chi connectivity index (χ1v) is 9.27. The normalized spacial score (nSPS) is 10.9. The summed E-state index contributed by atoms with van der Waals surface area (Å²) in [6, 6.07) is 15.9. The van der Waals surface area contributed by atoms with Crippen LogP contribution in [0.5, 0.6) is 0 Å². The van der Waals surface area contributed by atoms with Gasteiger partial charge in [-0.1, -0.05) is 42.2 Å². The van der Waals surface area contributed by atoms with Crippen molar-refractivity contribution in [2.45, 2.75) is 27.7 Å². The van der Waals surface area contributed by atoms with Gasteiger partial charge in [0.05, 0.1) is 11.8 Å². The first kappa shape index (κ1) is 19.4. The van der Waals surface area contributed by atoms with E-state index in [1.807, 2.05) is 62.5 Å². The molecule has 0 fully saturated rings. The van der Waals surface area contributed by atoms with Crippen LogP contribution in [-0.2, 0) is 7.05 Å². The van der Waals surface area contributed by atoms with E-state index >= 15 is 0 Å². The lowest BCUT2D eigenvalue weighted by molar-refractivity contribution is 0.102. The van der Waals surface area contributed by atoms with Crippen LogP contribution in [0.4, 0.5) is 5.69 Å². The number of nitrogens with zero attached hydrogens (tertiary/aromatic N) is 2. The number of para-hydroxylation sites is 1. The van der Waals surface area contributed by atoms with E-state index in [4.69, 9.17) is 0 Å². The number of anilines is 1. The first-order chi connectivity index (χ1) is 13.2. The third kappa shape index (κ3) is 4.50. The van der Waals surface area contributed by atoms with E-state index in [1.165, 1.54) is 0 Å². The van der Waals surface area contributed by atoms with Crippen molar-refractivity contribution in [2.24, 2.45) is 12.5 Å². The van der Waals surface area contributed by atoms with Crippen LogP contribution in [0.25, 0.3) is 11.1 Å². The van der Waals surface area contributed by atoms with Gasteiger partial charge in [0, 0.05) is 35.0 Å². The second-order valence-electron chi connectivity index (χ2n) is 7.84. The molecular weight excluding hydrogens is 346 g/mol. The largest absolute Gasteiger partial charge is 0.321 e. The summed E-state index contributed by atoms with van der Waals surface area (Å²) in [5.74, 6) is 6.30. The van der Waals surface area contributed by atoms with Gasteiger partial charge < -0.3 is 5.32 Å². The fourth-order valence-electron chi connectivity index (χ4n) is 2.75. The van der Waals surface area contributed by atoms with Crippen LogP contribution < -0.4 is 5.32 Å². The molecule has 2 aromatic carbocycles. The van der Waals surface area contributed by atoms with Crippen LogP contribution in [0.3, 0.4) is 0 Å². The van der Waals surface area contributed by atoms with Crippen LogP contribution in [0, 0.1) is 24.2 Å². The zero-order valence-electron chi connectivity index (χ0n) is 17.0. The highest BCUT2D eigenvalue weighted by Gasteiger charge is 2.15. The molecule has 0 aliphatic carbocycles. The number of rotatable bonds is 3. The molecule has 0 spiro atoms. The Hall–Kier alpha value is -3.32. The Balaban J connectivity index is 1.87. The molecule has 1 amide bonds. The summed E-state index contributed by atoms with van der Waals surface area (Å²) in [6.45, 7) is 8.16. The lowest BCUT2D eigenvalue weighted by Crippen LogP contribution is -2.13. The first-order valence-electron chi connectivity index (χ1n) is 9.27. The summed E-state index contributed by atoms with van der Waals surface area (Å²) >= 11 is 0. The third-order valence-corrected chi connectivity index (χ3v) is 4.43. The molecule has 1 N–H and O–H groups in total. The predicted octanol–water partition coefficient (Wildman–Crippen LogP) is 5.05. The molecule has 0 aliphatic rings. The molecule has 0 bridgehead atoms. The van der Waals surface area contributed by atoms with Crippen molar-refractivity contribution in [2.75, 3.05) is 5.32 Å². The van der Waals surface area contributed by atoms with E-state index < -0.39 is 0 Å². The quantitative estimate of drug-likeness (QED) is 0.655. The number of carbonyl (C=O) groups excluding carboxylic acids is 1. The van der Waals surface area contributed by atoms with Crippen LogP contribution in [-0.4, -0.2) is 15.7 Å². The minimum Gasteiger partial charge on any atom is -0.321 e. The molecule has 142 valence electrons. The van der Waals surface area contributed by atoms with Gasteiger partial charge in [0.2, 0.25) is 0 Å². The van der Waals surface area contributed by atoms with Crippen molar-refractivity contribution in [1.82, 2.24) is 9.78 Å².